The number of hydrogen-bond donors (Lipinski definition) is 4. The van der Waals surface area contributed by atoms with E-state index in [1.165, 1.54) is 4.57 Å². The number of aromatic hydroxyl groups is 1. The Labute approximate surface area is 170 Å². The minimum absolute atomic E-state index is 0.0206. The van der Waals surface area contributed by atoms with Gasteiger partial charge in [0.25, 0.3) is 11.5 Å². The van der Waals surface area contributed by atoms with Crippen LogP contribution in [0.15, 0.2) is 23.0 Å². The minimum atomic E-state index is -4.80. The highest BCUT2D eigenvalue weighted by Gasteiger charge is 2.33. The van der Waals surface area contributed by atoms with E-state index in [-0.39, 0.29) is 24.5 Å². The quantitative estimate of drug-likeness (QED) is 0.500. The first-order chi connectivity index (χ1) is 13.9. The summed E-state index contributed by atoms with van der Waals surface area (Å²) in [6.07, 6.45) is 0.527. The van der Waals surface area contributed by atoms with Crippen LogP contribution < -0.4 is 16.2 Å². The Balaban J connectivity index is 1.94. The van der Waals surface area contributed by atoms with E-state index < -0.39 is 47.2 Å². The van der Waals surface area contributed by atoms with Gasteiger partial charge in [-0.15, -0.1) is 0 Å². The Kier molecular flexibility index (Phi) is 5.83. The van der Waals surface area contributed by atoms with E-state index in [1.54, 1.807) is 13.8 Å². The molecule has 0 aliphatic carbocycles. The van der Waals surface area contributed by atoms with Crippen LogP contribution in [-0.4, -0.2) is 37.0 Å². The Bertz CT molecular complexity index is 1110. The fourth-order valence-electron chi connectivity index (χ4n) is 3.20. The summed E-state index contributed by atoms with van der Waals surface area (Å²) >= 11 is 0. The number of carbonyl (C=O) groups is 1. The molecular formula is C18H21FN3O7P. The number of amides is 1. The van der Waals surface area contributed by atoms with Crippen LogP contribution in [0.2, 0.25) is 0 Å². The number of rotatable bonds is 4. The van der Waals surface area contributed by atoms with Crippen molar-refractivity contribution in [2.45, 2.75) is 39.0 Å². The van der Waals surface area contributed by atoms with Crippen LogP contribution in [0.3, 0.4) is 0 Å². The molecule has 0 saturated heterocycles. The SMILES string of the molecule is CC1(C)OCCCn2c1nc(C(=O)NCc1ccc(F)cc1P(=O)(O)O)c(O)c2=O. The molecule has 0 radical (unpaired) electrons. The van der Waals surface area contributed by atoms with E-state index in [9.17, 15) is 33.4 Å². The van der Waals surface area contributed by atoms with Crippen LogP contribution in [0, 0.1) is 5.82 Å². The maximum atomic E-state index is 13.4. The molecule has 162 valence electrons. The van der Waals surface area contributed by atoms with Crippen LogP contribution in [0.4, 0.5) is 4.39 Å². The van der Waals surface area contributed by atoms with Crippen molar-refractivity contribution in [2.75, 3.05) is 6.61 Å². The van der Waals surface area contributed by atoms with Gasteiger partial charge in [-0.3, -0.25) is 18.7 Å². The van der Waals surface area contributed by atoms with Gasteiger partial charge in [0, 0.05) is 19.7 Å². The van der Waals surface area contributed by atoms with Crippen molar-refractivity contribution >= 4 is 18.8 Å². The molecule has 2 heterocycles. The van der Waals surface area contributed by atoms with Crippen LogP contribution in [0.1, 0.15) is 42.1 Å². The lowest BCUT2D eigenvalue weighted by Gasteiger charge is -2.24. The molecule has 1 aliphatic rings. The zero-order valence-corrected chi connectivity index (χ0v) is 17.1. The fraction of sp³-hybridized carbons (Fsp3) is 0.389. The number of aromatic nitrogens is 2. The Hall–Kier alpha value is -2.59. The molecule has 2 aromatic rings. The molecule has 0 bridgehead atoms. The number of ether oxygens (including phenoxy) is 1. The number of hydrogen-bond acceptors (Lipinski definition) is 6. The van der Waals surface area contributed by atoms with E-state index in [2.05, 4.69) is 10.3 Å². The lowest BCUT2D eigenvalue weighted by Crippen LogP contribution is -2.36. The summed E-state index contributed by atoms with van der Waals surface area (Å²) < 4.78 is 31.9. The highest BCUT2D eigenvalue weighted by molar-refractivity contribution is 7.60. The van der Waals surface area contributed by atoms with Gasteiger partial charge in [0.05, 0.1) is 5.30 Å². The molecule has 1 amide bonds. The van der Waals surface area contributed by atoms with Crippen molar-refractivity contribution in [1.29, 1.82) is 0 Å². The fourth-order valence-corrected chi connectivity index (χ4v) is 4.02. The van der Waals surface area contributed by atoms with Crippen molar-refractivity contribution in [3.63, 3.8) is 0 Å². The first kappa shape index (κ1) is 22.1. The lowest BCUT2D eigenvalue weighted by molar-refractivity contribution is -0.0227. The van der Waals surface area contributed by atoms with Gasteiger partial charge in [0.2, 0.25) is 5.75 Å². The second-order valence-corrected chi connectivity index (χ2v) is 8.87. The molecule has 0 saturated carbocycles. The van der Waals surface area contributed by atoms with Gasteiger partial charge in [-0.25, -0.2) is 9.37 Å². The van der Waals surface area contributed by atoms with E-state index in [0.717, 1.165) is 12.1 Å². The van der Waals surface area contributed by atoms with Crippen molar-refractivity contribution in [3.05, 3.63) is 51.5 Å². The molecule has 0 atom stereocenters. The van der Waals surface area contributed by atoms with Gasteiger partial charge in [-0.2, -0.15) is 0 Å². The van der Waals surface area contributed by atoms with Crippen LogP contribution in [0.5, 0.6) is 5.75 Å². The molecular weight excluding hydrogens is 420 g/mol. The molecule has 0 fully saturated rings. The Morgan fingerprint density at radius 1 is 1.40 bits per heavy atom. The van der Waals surface area contributed by atoms with Crippen LogP contribution in [-0.2, 0) is 28.0 Å². The minimum Gasteiger partial charge on any atom is -0.501 e. The molecule has 0 spiro atoms. The zero-order valence-electron chi connectivity index (χ0n) is 16.3. The zero-order chi connectivity index (χ0) is 22.3. The predicted octanol–water partition coefficient (Wildman–Crippen LogP) is 0.476. The van der Waals surface area contributed by atoms with Crippen molar-refractivity contribution < 1.29 is 33.4 Å². The second-order valence-electron chi connectivity index (χ2n) is 7.30. The Morgan fingerprint density at radius 3 is 2.77 bits per heavy atom. The topological polar surface area (TPSA) is 151 Å². The van der Waals surface area contributed by atoms with E-state index in [1.807, 2.05) is 0 Å². The first-order valence-electron chi connectivity index (χ1n) is 9.03. The van der Waals surface area contributed by atoms with Gasteiger partial charge >= 0.3 is 7.60 Å². The number of fused-ring (bicyclic) bond motifs is 1. The lowest BCUT2D eigenvalue weighted by atomic mass is 10.1. The highest BCUT2D eigenvalue weighted by atomic mass is 31.2. The molecule has 1 aromatic carbocycles. The Morgan fingerprint density at radius 2 is 2.10 bits per heavy atom. The average Bonchev–Trinajstić information content (AvgIpc) is 2.80. The molecule has 1 aliphatic heterocycles. The predicted molar refractivity (Wildman–Crippen MR) is 103 cm³/mol. The highest BCUT2D eigenvalue weighted by Crippen LogP contribution is 2.35. The monoisotopic (exact) mass is 441 g/mol. The first-order valence-corrected chi connectivity index (χ1v) is 10.6. The maximum Gasteiger partial charge on any atom is 0.356 e. The standard InChI is InChI=1S/C18H21FN3O7P/c1-18(2)17-21-13(14(23)16(25)22(17)6-3-7-29-18)15(24)20-9-10-4-5-11(19)8-12(10)30(26,27)28/h4-5,8,23H,3,6-7,9H2,1-2H3,(H,20,24)(H2,26,27,28). The van der Waals surface area contributed by atoms with E-state index in [0.29, 0.717) is 19.1 Å². The summed E-state index contributed by atoms with van der Waals surface area (Å²) in [4.78, 5) is 48.1. The third-order valence-corrected chi connectivity index (χ3v) is 5.73. The van der Waals surface area contributed by atoms with Gasteiger partial charge in [-0.1, -0.05) is 6.07 Å². The van der Waals surface area contributed by atoms with E-state index in [4.69, 9.17) is 4.74 Å². The second kappa shape index (κ2) is 7.92. The smallest absolute Gasteiger partial charge is 0.356 e. The molecule has 0 unspecified atom stereocenters. The number of halogens is 1. The summed E-state index contributed by atoms with van der Waals surface area (Å²) in [5.41, 5.74) is -2.33. The van der Waals surface area contributed by atoms with Crippen molar-refractivity contribution in [2.24, 2.45) is 0 Å². The normalized spacial score (nSPS) is 15.9. The van der Waals surface area contributed by atoms with Gasteiger partial charge in [-0.05, 0) is 38.0 Å². The molecule has 12 heteroatoms. The average molecular weight is 441 g/mol. The molecule has 10 nitrogen and oxygen atoms in total. The van der Waals surface area contributed by atoms with Crippen LogP contribution >= 0.6 is 7.60 Å². The summed E-state index contributed by atoms with van der Waals surface area (Å²) in [6, 6.07) is 2.80. The third kappa shape index (κ3) is 4.29. The van der Waals surface area contributed by atoms with Crippen molar-refractivity contribution in [1.82, 2.24) is 14.9 Å². The van der Waals surface area contributed by atoms with Crippen molar-refractivity contribution in [3.8, 4) is 5.75 Å². The third-order valence-electron chi connectivity index (χ3n) is 4.69. The molecule has 3 rings (SSSR count). The van der Waals surface area contributed by atoms with Crippen LogP contribution in [0.25, 0.3) is 0 Å². The summed E-state index contributed by atoms with van der Waals surface area (Å²) in [5.74, 6) is -2.45. The number of nitrogens with zero attached hydrogens (tertiary/aromatic N) is 2. The number of carbonyl (C=O) groups excluding carboxylic acids is 1. The van der Waals surface area contributed by atoms with Gasteiger partial charge in [0.15, 0.2) is 5.69 Å². The summed E-state index contributed by atoms with van der Waals surface area (Å²) in [6.45, 7) is 3.61. The van der Waals surface area contributed by atoms with Gasteiger partial charge < -0.3 is 24.9 Å². The molecule has 1 aromatic heterocycles. The maximum absolute atomic E-state index is 13.4. The van der Waals surface area contributed by atoms with Gasteiger partial charge in [0.1, 0.15) is 17.2 Å². The van der Waals surface area contributed by atoms with E-state index >= 15 is 0 Å². The molecule has 30 heavy (non-hydrogen) atoms. The summed E-state index contributed by atoms with van der Waals surface area (Å²) in [7, 11) is -4.80. The largest absolute Gasteiger partial charge is 0.501 e. The number of benzene rings is 1. The molecule has 4 N–H and O–H groups in total. The summed E-state index contributed by atoms with van der Waals surface area (Å²) in [5, 5.41) is 12.0. The number of nitrogens with one attached hydrogen (secondary N) is 1.